The summed E-state index contributed by atoms with van der Waals surface area (Å²) in [5.74, 6) is -0.370. The Hall–Kier alpha value is -1.46. The SMILES string of the molecule is CN(Cc1ccc(F)cc1)C(=O)[C@H]1CC[C@@H](O)[C@H](N)C1. The van der Waals surface area contributed by atoms with Gasteiger partial charge in [-0.15, -0.1) is 0 Å². The standard InChI is InChI=1S/C15H21FN2O2/c1-18(9-10-2-5-12(16)6-3-10)15(20)11-4-7-14(19)13(17)8-11/h2-3,5-6,11,13-14,19H,4,7-9,17H2,1H3/t11-,13+,14+/m0/s1. The number of hydrogen-bond acceptors (Lipinski definition) is 3. The lowest BCUT2D eigenvalue weighted by Crippen LogP contribution is -2.45. The second-order valence-corrected chi connectivity index (χ2v) is 5.56. The largest absolute Gasteiger partial charge is 0.392 e. The third kappa shape index (κ3) is 3.55. The van der Waals surface area contributed by atoms with Crippen LogP contribution in [0.5, 0.6) is 0 Å². The Bertz CT molecular complexity index is 463. The summed E-state index contributed by atoms with van der Waals surface area (Å²) in [5.41, 5.74) is 6.70. The normalized spacial score (nSPS) is 26.3. The number of amides is 1. The fourth-order valence-corrected chi connectivity index (χ4v) is 2.67. The van der Waals surface area contributed by atoms with Crippen LogP contribution in [0.3, 0.4) is 0 Å². The average molecular weight is 280 g/mol. The zero-order chi connectivity index (χ0) is 14.7. The minimum absolute atomic E-state index is 0.0386. The first kappa shape index (κ1) is 14.9. The van der Waals surface area contributed by atoms with Crippen LogP contribution in [0.25, 0.3) is 0 Å². The Balaban J connectivity index is 1.93. The summed E-state index contributed by atoms with van der Waals surface area (Å²) < 4.78 is 12.8. The Morgan fingerprint density at radius 3 is 2.65 bits per heavy atom. The van der Waals surface area contributed by atoms with Crippen LogP contribution in [0, 0.1) is 11.7 Å². The van der Waals surface area contributed by atoms with Crippen molar-refractivity contribution in [2.45, 2.75) is 38.0 Å². The minimum Gasteiger partial charge on any atom is -0.392 e. The maximum Gasteiger partial charge on any atom is 0.225 e. The van der Waals surface area contributed by atoms with Gasteiger partial charge in [-0.3, -0.25) is 4.79 Å². The lowest BCUT2D eigenvalue weighted by molar-refractivity contribution is -0.136. The number of aliphatic hydroxyl groups excluding tert-OH is 1. The van der Waals surface area contributed by atoms with Gasteiger partial charge >= 0.3 is 0 Å². The van der Waals surface area contributed by atoms with E-state index >= 15 is 0 Å². The molecule has 1 aromatic rings. The van der Waals surface area contributed by atoms with Gasteiger partial charge in [0.25, 0.3) is 0 Å². The number of aliphatic hydroxyl groups is 1. The molecule has 0 unspecified atom stereocenters. The van der Waals surface area contributed by atoms with Crippen LogP contribution >= 0.6 is 0 Å². The predicted molar refractivity (Wildman–Crippen MR) is 74.2 cm³/mol. The number of hydrogen-bond donors (Lipinski definition) is 2. The van der Waals surface area contributed by atoms with E-state index in [9.17, 15) is 14.3 Å². The molecular weight excluding hydrogens is 259 g/mol. The van der Waals surface area contributed by atoms with Crippen molar-refractivity contribution in [2.24, 2.45) is 11.7 Å². The molecule has 4 nitrogen and oxygen atoms in total. The van der Waals surface area contributed by atoms with Crippen molar-refractivity contribution in [1.82, 2.24) is 4.90 Å². The highest BCUT2D eigenvalue weighted by Crippen LogP contribution is 2.25. The van der Waals surface area contributed by atoms with E-state index < -0.39 is 6.10 Å². The lowest BCUT2D eigenvalue weighted by atomic mass is 9.83. The van der Waals surface area contributed by atoms with Crippen LogP contribution in [-0.2, 0) is 11.3 Å². The van der Waals surface area contributed by atoms with E-state index in [2.05, 4.69) is 0 Å². The van der Waals surface area contributed by atoms with Gasteiger partial charge in [0, 0.05) is 25.6 Å². The number of carbonyl (C=O) groups excluding carboxylic acids is 1. The van der Waals surface area contributed by atoms with E-state index in [1.165, 1.54) is 12.1 Å². The van der Waals surface area contributed by atoms with Gasteiger partial charge in [-0.1, -0.05) is 12.1 Å². The van der Waals surface area contributed by atoms with Crippen molar-refractivity contribution in [3.05, 3.63) is 35.6 Å². The van der Waals surface area contributed by atoms with Gasteiger partial charge in [0.2, 0.25) is 5.91 Å². The fourth-order valence-electron chi connectivity index (χ4n) is 2.67. The van der Waals surface area contributed by atoms with Gasteiger partial charge in [-0.2, -0.15) is 0 Å². The van der Waals surface area contributed by atoms with Crippen LogP contribution in [-0.4, -0.2) is 35.1 Å². The van der Waals surface area contributed by atoms with E-state index in [1.54, 1.807) is 24.1 Å². The lowest BCUT2D eigenvalue weighted by Gasteiger charge is -2.32. The van der Waals surface area contributed by atoms with Crippen molar-refractivity contribution < 1.29 is 14.3 Å². The average Bonchev–Trinajstić information content (AvgIpc) is 2.43. The third-order valence-electron chi connectivity index (χ3n) is 3.92. The summed E-state index contributed by atoms with van der Waals surface area (Å²) in [4.78, 5) is 14.0. The van der Waals surface area contributed by atoms with Gasteiger partial charge in [0.15, 0.2) is 0 Å². The van der Waals surface area contributed by atoms with Crippen LogP contribution in [0.4, 0.5) is 4.39 Å². The summed E-state index contributed by atoms with van der Waals surface area (Å²) in [6.45, 7) is 0.452. The van der Waals surface area contributed by atoms with E-state index in [0.29, 0.717) is 25.8 Å². The van der Waals surface area contributed by atoms with Crippen LogP contribution in [0.1, 0.15) is 24.8 Å². The summed E-state index contributed by atoms with van der Waals surface area (Å²) in [7, 11) is 1.74. The van der Waals surface area contributed by atoms with Crippen LogP contribution in [0.2, 0.25) is 0 Å². The molecule has 0 bridgehead atoms. The molecule has 20 heavy (non-hydrogen) atoms. The molecule has 0 heterocycles. The quantitative estimate of drug-likeness (QED) is 0.876. The first-order chi connectivity index (χ1) is 9.47. The molecule has 1 aliphatic rings. The van der Waals surface area contributed by atoms with Crippen molar-refractivity contribution in [1.29, 1.82) is 0 Å². The van der Waals surface area contributed by atoms with Crippen molar-refractivity contribution in [3.63, 3.8) is 0 Å². The van der Waals surface area contributed by atoms with Crippen molar-refractivity contribution >= 4 is 5.91 Å². The smallest absolute Gasteiger partial charge is 0.225 e. The van der Waals surface area contributed by atoms with Crippen molar-refractivity contribution in [2.75, 3.05) is 7.05 Å². The molecule has 2 rings (SSSR count). The van der Waals surface area contributed by atoms with Crippen LogP contribution < -0.4 is 5.73 Å². The summed E-state index contributed by atoms with van der Waals surface area (Å²) in [6, 6.07) is 5.81. The number of halogens is 1. The molecule has 110 valence electrons. The van der Waals surface area contributed by atoms with E-state index in [4.69, 9.17) is 5.73 Å². The summed E-state index contributed by atoms with van der Waals surface area (Å²) in [6.07, 6.45) is 1.26. The van der Waals surface area contributed by atoms with E-state index in [1.807, 2.05) is 0 Å². The summed E-state index contributed by atoms with van der Waals surface area (Å²) in [5, 5.41) is 9.59. The Morgan fingerprint density at radius 2 is 2.05 bits per heavy atom. The molecule has 1 saturated carbocycles. The summed E-state index contributed by atoms with van der Waals surface area (Å²) >= 11 is 0. The highest BCUT2D eigenvalue weighted by molar-refractivity contribution is 5.78. The highest BCUT2D eigenvalue weighted by Gasteiger charge is 2.32. The van der Waals surface area contributed by atoms with Gasteiger partial charge in [0.1, 0.15) is 5.82 Å². The zero-order valence-electron chi connectivity index (χ0n) is 11.6. The van der Waals surface area contributed by atoms with Gasteiger partial charge in [-0.25, -0.2) is 4.39 Å². The molecule has 0 aromatic heterocycles. The Labute approximate surface area is 118 Å². The molecule has 1 aliphatic carbocycles. The molecule has 3 N–H and O–H groups in total. The topological polar surface area (TPSA) is 66.6 Å². The molecule has 1 amide bonds. The molecule has 0 aliphatic heterocycles. The number of benzene rings is 1. The highest BCUT2D eigenvalue weighted by atomic mass is 19.1. The molecule has 3 atom stereocenters. The molecule has 0 radical (unpaired) electrons. The van der Waals surface area contributed by atoms with E-state index in [0.717, 1.165) is 5.56 Å². The molecular formula is C15H21FN2O2. The van der Waals surface area contributed by atoms with Gasteiger partial charge in [0.05, 0.1) is 6.10 Å². The van der Waals surface area contributed by atoms with Crippen molar-refractivity contribution in [3.8, 4) is 0 Å². The molecule has 0 spiro atoms. The minimum atomic E-state index is -0.499. The van der Waals surface area contributed by atoms with E-state index in [-0.39, 0.29) is 23.7 Å². The molecule has 1 fully saturated rings. The number of carbonyl (C=O) groups is 1. The maximum absolute atomic E-state index is 12.8. The first-order valence-corrected chi connectivity index (χ1v) is 6.90. The molecule has 1 aromatic carbocycles. The second kappa shape index (κ2) is 6.33. The fraction of sp³-hybridized carbons (Fsp3) is 0.533. The Kier molecular flexibility index (Phi) is 4.73. The van der Waals surface area contributed by atoms with Crippen LogP contribution in [0.15, 0.2) is 24.3 Å². The van der Waals surface area contributed by atoms with Gasteiger partial charge in [-0.05, 0) is 37.0 Å². The third-order valence-corrected chi connectivity index (χ3v) is 3.92. The Morgan fingerprint density at radius 1 is 1.40 bits per heavy atom. The monoisotopic (exact) mass is 280 g/mol. The predicted octanol–water partition coefficient (Wildman–Crippen LogP) is 1.27. The maximum atomic E-state index is 12.8. The zero-order valence-corrected chi connectivity index (χ0v) is 11.6. The second-order valence-electron chi connectivity index (χ2n) is 5.56. The molecule has 5 heteroatoms. The van der Waals surface area contributed by atoms with Gasteiger partial charge < -0.3 is 15.7 Å². The number of rotatable bonds is 3. The number of nitrogens with two attached hydrogens (primary N) is 1. The molecule has 0 saturated heterocycles. The first-order valence-electron chi connectivity index (χ1n) is 6.90. The number of nitrogens with zero attached hydrogens (tertiary/aromatic N) is 1.